The fraction of sp³-hybridized carbons (Fsp3) is 0.0685. The highest BCUT2D eigenvalue weighted by Crippen LogP contribution is 2.60. The predicted octanol–water partition coefficient (Wildman–Crippen LogP) is 19.2. The fourth-order valence-corrected chi connectivity index (χ4v) is 10.9. The van der Waals surface area contributed by atoms with Crippen LogP contribution in [0.4, 0.5) is 17.1 Å². The quantitative estimate of drug-likeness (QED) is 0.135. The van der Waals surface area contributed by atoms with Gasteiger partial charge in [-0.15, -0.1) is 0 Å². The number of aromatic nitrogens is 3. The van der Waals surface area contributed by atoms with Crippen LogP contribution in [0.15, 0.2) is 267 Å². The van der Waals surface area contributed by atoms with E-state index < -0.39 is 0 Å². The molecule has 5 nitrogen and oxygen atoms in total. The first-order valence-corrected chi connectivity index (χ1v) is 26.5. The van der Waals surface area contributed by atoms with Crippen LogP contribution in [0.1, 0.15) is 55.5 Å². The Labute approximate surface area is 458 Å². The van der Waals surface area contributed by atoms with Gasteiger partial charge in [0, 0.05) is 44.5 Å². The molecule has 0 saturated carbocycles. The number of para-hydroxylation sites is 1. The Morgan fingerprint density at radius 3 is 1.47 bits per heavy atom. The van der Waals surface area contributed by atoms with Crippen LogP contribution in [-0.4, -0.2) is 20.7 Å². The van der Waals surface area contributed by atoms with Crippen molar-refractivity contribution in [1.29, 1.82) is 0 Å². The Bertz CT molecular complexity index is 4040. The van der Waals surface area contributed by atoms with E-state index in [-0.39, 0.29) is 5.41 Å². The minimum Gasteiger partial charge on any atom is -0.309 e. The van der Waals surface area contributed by atoms with Crippen LogP contribution in [0.2, 0.25) is 0 Å². The van der Waals surface area contributed by atoms with Gasteiger partial charge < -0.3 is 4.90 Å². The monoisotopic (exact) mass is 1000 g/mol. The van der Waals surface area contributed by atoms with Crippen molar-refractivity contribution in [2.45, 2.75) is 33.1 Å². The molecule has 0 spiro atoms. The second-order valence-electron chi connectivity index (χ2n) is 20.5. The summed E-state index contributed by atoms with van der Waals surface area (Å²) in [6.07, 6.45) is 0. The van der Waals surface area contributed by atoms with E-state index in [9.17, 15) is 0 Å². The molecule has 0 atom stereocenters. The summed E-state index contributed by atoms with van der Waals surface area (Å²) in [6.45, 7) is 17.1. The third kappa shape index (κ3) is 9.37. The van der Waals surface area contributed by atoms with Gasteiger partial charge in [0.25, 0.3) is 0 Å². The summed E-state index contributed by atoms with van der Waals surface area (Å²) >= 11 is 0. The van der Waals surface area contributed by atoms with Gasteiger partial charge >= 0.3 is 0 Å². The average molecular weight is 1000 g/mol. The van der Waals surface area contributed by atoms with Crippen LogP contribution >= 0.6 is 0 Å². The predicted molar refractivity (Wildman–Crippen MR) is 327 cm³/mol. The van der Waals surface area contributed by atoms with E-state index in [2.05, 4.69) is 184 Å². The first-order valence-electron chi connectivity index (χ1n) is 26.5. The molecule has 2 aliphatic rings. The topological polar surface area (TPSA) is 54.3 Å². The Balaban J connectivity index is 0.000000617. The van der Waals surface area contributed by atoms with E-state index in [4.69, 9.17) is 19.9 Å². The van der Waals surface area contributed by atoms with Crippen molar-refractivity contribution in [3.8, 4) is 78.7 Å². The van der Waals surface area contributed by atoms with Crippen molar-refractivity contribution in [2.24, 2.45) is 4.99 Å². The molecule has 2 aliphatic heterocycles. The molecule has 78 heavy (non-hydrogen) atoms. The lowest BCUT2D eigenvalue weighted by atomic mass is 9.71. The zero-order valence-electron chi connectivity index (χ0n) is 44.3. The van der Waals surface area contributed by atoms with Gasteiger partial charge in [0.15, 0.2) is 17.5 Å². The number of allylic oxidation sites excluding steroid dienone is 1. The Kier molecular flexibility index (Phi) is 13.0. The fourth-order valence-electron chi connectivity index (χ4n) is 10.9. The van der Waals surface area contributed by atoms with Gasteiger partial charge in [-0.3, -0.25) is 4.99 Å². The Morgan fingerprint density at radius 2 is 0.846 bits per heavy atom. The van der Waals surface area contributed by atoms with Gasteiger partial charge in [-0.1, -0.05) is 239 Å². The van der Waals surface area contributed by atoms with Gasteiger partial charge in [-0.25, -0.2) is 15.0 Å². The summed E-state index contributed by atoms with van der Waals surface area (Å²) in [5, 5.41) is 0. The van der Waals surface area contributed by atoms with Crippen molar-refractivity contribution in [1.82, 2.24) is 15.0 Å². The minimum absolute atomic E-state index is 0.304. The molecule has 11 aromatic rings. The van der Waals surface area contributed by atoms with Crippen LogP contribution in [0.5, 0.6) is 0 Å². The normalized spacial score (nSPS) is 12.6. The van der Waals surface area contributed by atoms with Crippen LogP contribution < -0.4 is 4.90 Å². The molecular formula is C73H57N5. The van der Waals surface area contributed by atoms with Gasteiger partial charge in [-0.2, -0.15) is 0 Å². The highest BCUT2D eigenvalue weighted by atomic mass is 15.2. The lowest BCUT2D eigenvalue weighted by Gasteiger charge is -2.43. The third-order valence-electron chi connectivity index (χ3n) is 15.0. The Hall–Kier alpha value is -9.84. The molecule has 0 amide bonds. The summed E-state index contributed by atoms with van der Waals surface area (Å²) in [4.78, 5) is 22.6. The van der Waals surface area contributed by atoms with Crippen molar-refractivity contribution in [3.63, 3.8) is 0 Å². The van der Waals surface area contributed by atoms with E-state index in [0.29, 0.717) is 17.5 Å². The highest BCUT2D eigenvalue weighted by molar-refractivity contribution is 6.07. The average Bonchev–Trinajstić information content (AvgIpc) is 3.60. The molecule has 0 aliphatic carbocycles. The molecule has 0 bridgehead atoms. The zero-order valence-corrected chi connectivity index (χ0v) is 44.3. The molecule has 13 rings (SSSR count). The molecule has 3 heterocycles. The molecule has 374 valence electrons. The molecule has 0 saturated heterocycles. The van der Waals surface area contributed by atoms with E-state index in [1.165, 1.54) is 44.8 Å². The first kappa shape index (κ1) is 49.1. The molecule has 0 radical (unpaired) electrons. The lowest BCUT2D eigenvalue weighted by molar-refractivity contribution is 0.632. The van der Waals surface area contributed by atoms with E-state index in [1.807, 2.05) is 111 Å². The standard InChI is InChI=1S/C64H47N5.C9H10/c1-41(43-20-8-5-9-21-43)65-42(2)46-26-18-28-48(36-46)51-39-55-53-31-15-14-30-52(53)54-38-49(34-35-58(54)69-59-33-17-16-32-56(59)64(3,4)57(40-51)60(55)69)47-27-19-29-50(37-47)63-67-61(44-22-10-6-11-23-44)66-62(68-63)45-24-12-7-13-25-45;1-8(2)9-6-4-3-5-7-9/h5-40H,2H2,1,3-4H3;3-7H,1H2,2H3. The maximum atomic E-state index is 5.06. The number of hydrogen-bond donors (Lipinski definition) is 0. The second kappa shape index (κ2) is 20.7. The number of benzene rings is 10. The smallest absolute Gasteiger partial charge is 0.164 e. The van der Waals surface area contributed by atoms with Crippen LogP contribution in [0, 0.1) is 0 Å². The van der Waals surface area contributed by atoms with Crippen LogP contribution in [0.25, 0.3) is 89.9 Å². The summed E-state index contributed by atoms with van der Waals surface area (Å²) in [5.41, 5.74) is 23.9. The molecule has 1 aromatic heterocycles. The summed E-state index contributed by atoms with van der Waals surface area (Å²) in [7, 11) is 0. The van der Waals surface area contributed by atoms with Gasteiger partial charge in [0.05, 0.1) is 22.8 Å². The number of anilines is 3. The third-order valence-corrected chi connectivity index (χ3v) is 15.0. The molecule has 0 unspecified atom stereocenters. The maximum Gasteiger partial charge on any atom is 0.164 e. The SMILES string of the molecule is C=C(C)c1ccccc1.C=C(N=C(C)c1ccccc1)c1cccc(-c2cc3c4c(c2)C(C)(C)c2ccccc2N4c2ccc(-c4cccc(-c5nc(-c6ccccc6)nc(-c6ccccc6)n5)c4)cc2-c2ccccc2-3)c1. The summed E-state index contributed by atoms with van der Waals surface area (Å²) in [5.74, 6) is 1.90. The molecule has 0 fully saturated rings. The summed E-state index contributed by atoms with van der Waals surface area (Å²) < 4.78 is 0. The van der Waals surface area contributed by atoms with E-state index >= 15 is 0 Å². The van der Waals surface area contributed by atoms with E-state index in [1.54, 1.807) is 0 Å². The van der Waals surface area contributed by atoms with Crippen molar-refractivity contribution in [3.05, 3.63) is 290 Å². The number of rotatable bonds is 9. The number of aliphatic imine (C=N–C) groups is 1. The van der Waals surface area contributed by atoms with Crippen molar-refractivity contribution in [2.75, 3.05) is 4.90 Å². The largest absolute Gasteiger partial charge is 0.309 e. The van der Waals surface area contributed by atoms with Crippen molar-refractivity contribution >= 4 is 34.0 Å². The minimum atomic E-state index is -0.304. The highest BCUT2D eigenvalue weighted by Gasteiger charge is 2.41. The van der Waals surface area contributed by atoms with Gasteiger partial charge in [0.1, 0.15) is 0 Å². The Morgan fingerprint density at radius 1 is 0.372 bits per heavy atom. The molecular weight excluding hydrogens is 947 g/mol. The number of hydrogen-bond acceptors (Lipinski definition) is 5. The van der Waals surface area contributed by atoms with Crippen LogP contribution in [0.3, 0.4) is 0 Å². The number of nitrogens with zero attached hydrogens (tertiary/aromatic N) is 5. The number of fused-ring (bicyclic) bond motifs is 7. The van der Waals surface area contributed by atoms with Crippen LogP contribution in [-0.2, 0) is 5.41 Å². The maximum absolute atomic E-state index is 5.06. The van der Waals surface area contributed by atoms with Gasteiger partial charge in [-0.05, 0) is 112 Å². The first-order chi connectivity index (χ1) is 38.1. The lowest BCUT2D eigenvalue weighted by Crippen LogP contribution is -2.31. The summed E-state index contributed by atoms with van der Waals surface area (Å²) in [6, 6.07) is 87.5. The second-order valence-corrected chi connectivity index (χ2v) is 20.5. The molecule has 0 N–H and O–H groups in total. The molecule has 10 aromatic carbocycles. The molecule has 5 heteroatoms. The van der Waals surface area contributed by atoms with Crippen molar-refractivity contribution < 1.29 is 0 Å². The van der Waals surface area contributed by atoms with Gasteiger partial charge in [0.2, 0.25) is 0 Å². The zero-order chi connectivity index (χ0) is 53.3. The van der Waals surface area contributed by atoms with E-state index in [0.717, 1.165) is 78.3 Å².